The van der Waals surface area contributed by atoms with Crippen LogP contribution in [0.5, 0.6) is 0 Å². The molecule has 26 heavy (non-hydrogen) atoms. The van der Waals surface area contributed by atoms with Crippen LogP contribution >= 0.6 is 0 Å². The van der Waals surface area contributed by atoms with Gasteiger partial charge in [-0.3, -0.25) is 5.10 Å². The lowest BCUT2D eigenvalue weighted by Crippen LogP contribution is -2.14. The number of nitrogens with zero attached hydrogens (tertiary/aromatic N) is 4. The van der Waals surface area contributed by atoms with Crippen molar-refractivity contribution in [1.82, 2.24) is 25.0 Å². The second-order valence-corrected chi connectivity index (χ2v) is 10.4. The summed E-state index contributed by atoms with van der Waals surface area (Å²) in [5, 5.41) is 12.5. The van der Waals surface area contributed by atoms with E-state index in [-0.39, 0.29) is 17.5 Å². The number of sulfone groups is 1. The van der Waals surface area contributed by atoms with Gasteiger partial charge in [0.25, 0.3) is 0 Å². The van der Waals surface area contributed by atoms with Gasteiger partial charge in [0.15, 0.2) is 21.5 Å². The van der Waals surface area contributed by atoms with Crippen molar-refractivity contribution in [2.75, 3.05) is 11.5 Å². The predicted molar refractivity (Wildman–Crippen MR) is 97.8 cm³/mol. The third kappa shape index (κ3) is 2.78. The number of hydrogen-bond donors (Lipinski definition) is 1. The quantitative estimate of drug-likeness (QED) is 0.887. The van der Waals surface area contributed by atoms with E-state index in [2.05, 4.69) is 10.2 Å². The van der Waals surface area contributed by atoms with Crippen LogP contribution in [0.3, 0.4) is 0 Å². The van der Waals surface area contributed by atoms with Gasteiger partial charge >= 0.3 is 0 Å². The molecule has 2 aromatic rings. The Morgan fingerprint density at radius 2 is 1.85 bits per heavy atom. The van der Waals surface area contributed by atoms with Crippen molar-refractivity contribution in [2.45, 2.75) is 69.7 Å². The molecule has 2 aliphatic carbocycles. The Balaban J connectivity index is 1.62. The molecule has 0 aromatic carbocycles. The van der Waals surface area contributed by atoms with Gasteiger partial charge in [0, 0.05) is 17.5 Å². The highest BCUT2D eigenvalue weighted by molar-refractivity contribution is 7.91. The van der Waals surface area contributed by atoms with E-state index in [4.69, 9.17) is 10.1 Å². The maximum absolute atomic E-state index is 12.0. The van der Waals surface area contributed by atoms with Crippen LogP contribution in [-0.2, 0) is 9.84 Å². The summed E-state index contributed by atoms with van der Waals surface area (Å²) in [6.07, 6.45) is 7.67. The summed E-state index contributed by atoms with van der Waals surface area (Å²) in [4.78, 5) is 4.96. The third-order valence-corrected chi connectivity index (χ3v) is 7.84. The normalized spacial score (nSPS) is 26.0. The molecule has 1 atom stereocenters. The molecule has 0 radical (unpaired) electrons. The number of hydrogen-bond acceptors (Lipinski definition) is 5. The van der Waals surface area contributed by atoms with Crippen LogP contribution in [0.4, 0.5) is 0 Å². The molecule has 0 spiro atoms. The van der Waals surface area contributed by atoms with E-state index >= 15 is 0 Å². The Kier molecular flexibility index (Phi) is 3.74. The summed E-state index contributed by atoms with van der Waals surface area (Å²) in [7, 11) is -2.98. The van der Waals surface area contributed by atoms with Gasteiger partial charge in [0.2, 0.25) is 0 Å². The first kappa shape index (κ1) is 16.5. The van der Waals surface area contributed by atoms with Crippen LogP contribution in [-0.4, -0.2) is 44.9 Å². The predicted octanol–water partition coefficient (Wildman–Crippen LogP) is 2.87. The molecule has 0 amide bonds. The van der Waals surface area contributed by atoms with Gasteiger partial charge in [-0.1, -0.05) is 12.8 Å². The fourth-order valence-electron chi connectivity index (χ4n) is 4.47. The largest absolute Gasteiger partial charge is 0.282 e. The molecular weight excluding hydrogens is 350 g/mol. The van der Waals surface area contributed by atoms with Crippen molar-refractivity contribution in [3.05, 3.63) is 17.2 Å². The van der Waals surface area contributed by atoms with Gasteiger partial charge in [-0.05, 0) is 39.0 Å². The maximum atomic E-state index is 12.0. The molecule has 1 aliphatic heterocycles. The fourth-order valence-corrected chi connectivity index (χ4v) is 6.16. The fraction of sp³-hybridized carbons (Fsp3) is 0.722. The van der Waals surface area contributed by atoms with Gasteiger partial charge in [0.1, 0.15) is 0 Å². The second-order valence-electron chi connectivity index (χ2n) is 8.16. The van der Waals surface area contributed by atoms with Crippen LogP contribution in [0.2, 0.25) is 0 Å². The molecule has 3 heterocycles. The standard InChI is InChI=1S/C18H25N5O2S/c1-11-15(16(21-20-11)12-6-7-12)18-19-17(13-4-2-3-5-13)22-23(18)14-8-9-26(24,25)10-14/h12-14H,2-10H2,1H3,(H,20,21)/t14-/m0/s1. The minimum atomic E-state index is -2.98. The lowest BCUT2D eigenvalue weighted by molar-refractivity contribution is 0.493. The van der Waals surface area contributed by atoms with Crippen molar-refractivity contribution in [3.63, 3.8) is 0 Å². The Morgan fingerprint density at radius 3 is 2.50 bits per heavy atom. The Morgan fingerprint density at radius 1 is 1.08 bits per heavy atom. The minimum absolute atomic E-state index is 0.112. The van der Waals surface area contributed by atoms with Crippen molar-refractivity contribution in [1.29, 1.82) is 0 Å². The Labute approximate surface area is 153 Å². The van der Waals surface area contributed by atoms with Crippen LogP contribution in [0, 0.1) is 6.92 Å². The van der Waals surface area contributed by atoms with Gasteiger partial charge < -0.3 is 0 Å². The molecule has 3 aliphatic rings. The summed E-state index contributed by atoms with van der Waals surface area (Å²) in [5.74, 6) is 3.04. The zero-order valence-corrected chi connectivity index (χ0v) is 15.9. The van der Waals surface area contributed by atoms with E-state index in [9.17, 15) is 8.42 Å². The Bertz CT molecular complexity index is 935. The van der Waals surface area contributed by atoms with E-state index in [0.29, 0.717) is 18.3 Å². The summed E-state index contributed by atoms with van der Waals surface area (Å²) in [5.41, 5.74) is 3.13. The lowest BCUT2D eigenvalue weighted by atomic mass is 10.1. The van der Waals surface area contributed by atoms with Crippen molar-refractivity contribution in [2.24, 2.45) is 0 Å². The van der Waals surface area contributed by atoms with Gasteiger partial charge in [-0.25, -0.2) is 18.1 Å². The first-order valence-electron chi connectivity index (χ1n) is 9.74. The SMILES string of the molecule is Cc1[nH]nc(C2CC2)c1-c1nc(C2CCCC2)nn1[C@H]1CCS(=O)(=O)C1. The summed E-state index contributed by atoms with van der Waals surface area (Å²) < 4.78 is 26.0. The molecule has 5 rings (SSSR count). The van der Waals surface area contributed by atoms with Crippen LogP contribution in [0.25, 0.3) is 11.4 Å². The summed E-state index contributed by atoms with van der Waals surface area (Å²) in [6, 6.07) is -0.112. The molecule has 1 N–H and O–H groups in total. The molecular formula is C18H25N5O2S. The highest BCUT2D eigenvalue weighted by Crippen LogP contribution is 2.45. The monoisotopic (exact) mass is 375 g/mol. The molecule has 1 saturated heterocycles. The minimum Gasteiger partial charge on any atom is -0.282 e. The molecule has 8 heteroatoms. The topological polar surface area (TPSA) is 93.5 Å². The van der Waals surface area contributed by atoms with Crippen molar-refractivity contribution < 1.29 is 8.42 Å². The highest BCUT2D eigenvalue weighted by Gasteiger charge is 2.37. The van der Waals surface area contributed by atoms with Crippen molar-refractivity contribution >= 4 is 9.84 Å². The second kappa shape index (κ2) is 5.90. The molecule has 2 saturated carbocycles. The van der Waals surface area contributed by atoms with Gasteiger partial charge in [0.05, 0.1) is 28.8 Å². The molecule has 0 bridgehead atoms. The summed E-state index contributed by atoms with van der Waals surface area (Å²) in [6.45, 7) is 2.02. The average Bonchev–Trinajstić information content (AvgIpc) is 3.01. The molecule has 2 aromatic heterocycles. The van der Waals surface area contributed by atoms with E-state index < -0.39 is 9.84 Å². The number of aromatic nitrogens is 5. The number of H-pyrrole nitrogens is 1. The van der Waals surface area contributed by atoms with E-state index in [1.165, 1.54) is 25.7 Å². The first-order valence-corrected chi connectivity index (χ1v) is 11.6. The zero-order valence-electron chi connectivity index (χ0n) is 15.1. The van der Waals surface area contributed by atoms with E-state index in [0.717, 1.165) is 41.4 Å². The van der Waals surface area contributed by atoms with Gasteiger partial charge in [-0.2, -0.15) is 10.2 Å². The average molecular weight is 375 g/mol. The van der Waals surface area contributed by atoms with Gasteiger partial charge in [-0.15, -0.1) is 0 Å². The number of aryl methyl sites for hydroxylation is 1. The summed E-state index contributed by atoms with van der Waals surface area (Å²) >= 11 is 0. The van der Waals surface area contributed by atoms with Crippen LogP contribution < -0.4 is 0 Å². The molecule has 140 valence electrons. The maximum Gasteiger partial charge on any atom is 0.162 e. The molecule has 0 unspecified atom stereocenters. The molecule has 7 nitrogen and oxygen atoms in total. The first-order chi connectivity index (χ1) is 12.5. The van der Waals surface area contributed by atoms with E-state index in [1.807, 2.05) is 11.6 Å². The highest BCUT2D eigenvalue weighted by atomic mass is 32.2. The number of aromatic amines is 1. The lowest BCUT2D eigenvalue weighted by Gasteiger charge is -2.12. The molecule has 3 fully saturated rings. The number of rotatable bonds is 4. The van der Waals surface area contributed by atoms with Crippen LogP contribution in [0.15, 0.2) is 0 Å². The third-order valence-electron chi connectivity index (χ3n) is 6.09. The van der Waals surface area contributed by atoms with E-state index in [1.54, 1.807) is 0 Å². The van der Waals surface area contributed by atoms with Crippen molar-refractivity contribution in [3.8, 4) is 11.4 Å². The zero-order chi connectivity index (χ0) is 17.9. The smallest absolute Gasteiger partial charge is 0.162 e. The Hall–Kier alpha value is -1.70. The number of nitrogens with one attached hydrogen (secondary N) is 1. The van der Waals surface area contributed by atoms with Crippen LogP contribution in [0.1, 0.15) is 80.0 Å².